The average molecular weight is 455 g/mol. The van der Waals surface area contributed by atoms with Crippen LogP contribution in [0.25, 0.3) is 16.9 Å². The number of rotatable bonds is 6. The summed E-state index contributed by atoms with van der Waals surface area (Å²) in [7, 11) is 0. The molecule has 1 fully saturated rings. The quantitative estimate of drug-likeness (QED) is 0.452. The van der Waals surface area contributed by atoms with Crippen LogP contribution in [0, 0.1) is 0 Å². The van der Waals surface area contributed by atoms with Crippen molar-refractivity contribution in [2.24, 2.45) is 5.73 Å². The van der Waals surface area contributed by atoms with Crippen LogP contribution in [-0.2, 0) is 0 Å². The summed E-state index contributed by atoms with van der Waals surface area (Å²) < 4.78 is 2.05. The predicted molar refractivity (Wildman–Crippen MR) is 138 cm³/mol. The Hall–Kier alpha value is -3.84. The topological polar surface area (TPSA) is 78.9 Å². The number of fused-ring (bicyclic) bond motifs is 1. The zero-order valence-corrected chi connectivity index (χ0v) is 19.6. The van der Waals surface area contributed by atoms with Gasteiger partial charge in [-0.2, -0.15) is 0 Å². The van der Waals surface area contributed by atoms with Crippen LogP contribution in [0.5, 0.6) is 0 Å². The van der Waals surface area contributed by atoms with Gasteiger partial charge in [0, 0.05) is 61.6 Å². The second kappa shape index (κ2) is 9.19. The van der Waals surface area contributed by atoms with E-state index in [9.17, 15) is 4.79 Å². The van der Waals surface area contributed by atoms with E-state index in [-0.39, 0.29) is 0 Å². The maximum atomic E-state index is 11.4. The smallest absolute Gasteiger partial charge is 0.248 e. The van der Waals surface area contributed by atoms with Gasteiger partial charge in [-0.1, -0.05) is 12.1 Å². The fraction of sp³-hybridized carbons (Fsp3) is 0.259. The Labute approximate surface area is 199 Å². The monoisotopic (exact) mass is 454 g/mol. The van der Waals surface area contributed by atoms with Crippen LogP contribution < -0.4 is 16.0 Å². The molecule has 7 nitrogen and oxygen atoms in total. The van der Waals surface area contributed by atoms with E-state index in [4.69, 9.17) is 5.73 Å². The molecule has 0 unspecified atom stereocenters. The Morgan fingerprint density at radius 1 is 0.941 bits per heavy atom. The first-order valence-corrected chi connectivity index (χ1v) is 11.7. The third kappa shape index (κ3) is 4.34. The second-order valence-electron chi connectivity index (χ2n) is 8.98. The number of nitrogens with zero attached hydrogens (tertiary/aromatic N) is 4. The number of nitrogens with one attached hydrogen (secondary N) is 1. The summed E-state index contributed by atoms with van der Waals surface area (Å²) in [5, 5.41) is 3.52. The molecule has 0 aliphatic carbocycles. The number of aromatic nitrogens is 2. The van der Waals surface area contributed by atoms with Crippen LogP contribution in [0.1, 0.15) is 24.2 Å². The Bertz CT molecular complexity index is 1290. The van der Waals surface area contributed by atoms with Crippen molar-refractivity contribution in [1.29, 1.82) is 0 Å². The maximum Gasteiger partial charge on any atom is 0.248 e. The molecule has 2 aromatic heterocycles. The van der Waals surface area contributed by atoms with Crippen molar-refractivity contribution in [2.45, 2.75) is 19.9 Å². The van der Waals surface area contributed by atoms with Gasteiger partial charge in [0.05, 0.1) is 11.4 Å². The Morgan fingerprint density at radius 2 is 1.65 bits per heavy atom. The number of benzene rings is 2. The second-order valence-corrected chi connectivity index (χ2v) is 8.98. The van der Waals surface area contributed by atoms with Crippen molar-refractivity contribution >= 4 is 28.6 Å². The fourth-order valence-corrected chi connectivity index (χ4v) is 4.56. The molecule has 0 bridgehead atoms. The molecule has 0 atom stereocenters. The highest BCUT2D eigenvalue weighted by Crippen LogP contribution is 2.29. The Morgan fingerprint density at radius 3 is 2.29 bits per heavy atom. The predicted octanol–water partition coefficient (Wildman–Crippen LogP) is 4.37. The molecule has 1 amide bonds. The lowest BCUT2D eigenvalue weighted by atomic mass is 10.1. The molecule has 4 aromatic rings. The van der Waals surface area contributed by atoms with Crippen LogP contribution in [0.3, 0.4) is 0 Å². The average Bonchev–Trinajstić information content (AvgIpc) is 3.35. The standard InChI is InChI=1S/C27H30N6O/c1-19(2)31-15-17-32(18-16-31)23-9-7-22(8-10-23)30-24-11-12-25(33-14-13-29-27(24)33)20-3-5-21(6-4-20)26(28)34/h3-14,19,30H,15-18H2,1-2H3,(H2,28,34). The Kier molecular flexibility index (Phi) is 5.94. The first-order chi connectivity index (χ1) is 16.5. The maximum absolute atomic E-state index is 11.4. The molecule has 1 aliphatic heterocycles. The highest BCUT2D eigenvalue weighted by Gasteiger charge is 2.19. The highest BCUT2D eigenvalue weighted by molar-refractivity contribution is 5.93. The molecule has 3 heterocycles. The van der Waals surface area contributed by atoms with E-state index in [0.717, 1.165) is 54.5 Å². The SMILES string of the molecule is CC(C)N1CCN(c2ccc(Nc3ccc(-c4ccc(C(N)=O)cc4)n4ccnc34)cc2)CC1. The molecule has 3 N–H and O–H groups in total. The van der Waals surface area contributed by atoms with E-state index in [1.165, 1.54) is 5.69 Å². The fourth-order valence-electron chi connectivity index (χ4n) is 4.56. The lowest BCUT2D eigenvalue weighted by molar-refractivity contribution is 0.100. The molecule has 0 saturated carbocycles. The molecular weight excluding hydrogens is 424 g/mol. The normalized spacial score (nSPS) is 14.6. The number of pyridine rings is 1. The van der Waals surface area contributed by atoms with Crippen molar-refractivity contribution in [2.75, 3.05) is 36.4 Å². The van der Waals surface area contributed by atoms with Gasteiger partial charge < -0.3 is 16.0 Å². The van der Waals surface area contributed by atoms with Gasteiger partial charge in [-0.25, -0.2) is 4.98 Å². The van der Waals surface area contributed by atoms with Crippen molar-refractivity contribution in [3.05, 3.63) is 78.6 Å². The van der Waals surface area contributed by atoms with Crippen LogP contribution in [0.15, 0.2) is 73.1 Å². The first kappa shape index (κ1) is 22.0. The minimum atomic E-state index is -0.428. The van der Waals surface area contributed by atoms with Gasteiger partial charge in [0.15, 0.2) is 5.65 Å². The molecule has 0 spiro atoms. The number of primary amides is 1. The Balaban J connectivity index is 1.33. The van der Waals surface area contributed by atoms with Crippen LogP contribution in [-0.4, -0.2) is 52.4 Å². The zero-order valence-electron chi connectivity index (χ0n) is 19.6. The highest BCUT2D eigenvalue weighted by atomic mass is 16.1. The van der Waals surface area contributed by atoms with Crippen molar-refractivity contribution in [3.8, 4) is 11.3 Å². The van der Waals surface area contributed by atoms with Gasteiger partial charge in [0.1, 0.15) is 0 Å². The molecule has 174 valence electrons. The van der Waals surface area contributed by atoms with E-state index in [1.807, 2.05) is 28.8 Å². The molecular formula is C27H30N6O. The summed E-state index contributed by atoms with van der Waals surface area (Å²) in [5.41, 5.74) is 11.9. The summed E-state index contributed by atoms with van der Waals surface area (Å²) in [5.74, 6) is -0.428. The minimum absolute atomic E-state index is 0.428. The van der Waals surface area contributed by atoms with Crippen LogP contribution in [0.4, 0.5) is 17.1 Å². The molecule has 0 radical (unpaired) electrons. The van der Waals surface area contributed by atoms with E-state index in [2.05, 4.69) is 64.3 Å². The van der Waals surface area contributed by atoms with Gasteiger partial charge in [0.25, 0.3) is 0 Å². The number of piperazine rings is 1. The van der Waals surface area contributed by atoms with Crippen LogP contribution >= 0.6 is 0 Å². The number of imidazole rings is 1. The van der Waals surface area contributed by atoms with Gasteiger partial charge in [-0.3, -0.25) is 14.1 Å². The molecule has 1 saturated heterocycles. The largest absolute Gasteiger partial charge is 0.369 e. The summed E-state index contributed by atoms with van der Waals surface area (Å²) in [6.45, 7) is 8.85. The molecule has 7 heteroatoms. The van der Waals surface area contributed by atoms with Crippen LogP contribution in [0.2, 0.25) is 0 Å². The number of anilines is 3. The lowest BCUT2D eigenvalue weighted by Gasteiger charge is -2.38. The van der Waals surface area contributed by atoms with E-state index in [0.29, 0.717) is 11.6 Å². The van der Waals surface area contributed by atoms with Gasteiger partial charge in [-0.05, 0) is 67.9 Å². The lowest BCUT2D eigenvalue weighted by Crippen LogP contribution is -2.48. The first-order valence-electron chi connectivity index (χ1n) is 11.7. The molecule has 34 heavy (non-hydrogen) atoms. The minimum Gasteiger partial charge on any atom is -0.369 e. The third-order valence-corrected chi connectivity index (χ3v) is 6.57. The summed E-state index contributed by atoms with van der Waals surface area (Å²) in [6.07, 6.45) is 3.74. The van der Waals surface area contributed by atoms with Crippen molar-refractivity contribution < 1.29 is 4.79 Å². The van der Waals surface area contributed by atoms with Crippen molar-refractivity contribution in [3.63, 3.8) is 0 Å². The summed E-state index contributed by atoms with van der Waals surface area (Å²) in [4.78, 5) is 20.9. The number of carbonyl (C=O) groups excluding carboxylic acids is 1. The number of hydrogen-bond acceptors (Lipinski definition) is 5. The number of amides is 1. The van der Waals surface area contributed by atoms with Gasteiger partial charge in [0.2, 0.25) is 5.91 Å². The molecule has 5 rings (SSSR count). The van der Waals surface area contributed by atoms with Crippen molar-refractivity contribution in [1.82, 2.24) is 14.3 Å². The zero-order chi connectivity index (χ0) is 23.7. The van der Waals surface area contributed by atoms with E-state index >= 15 is 0 Å². The van der Waals surface area contributed by atoms with Gasteiger partial charge >= 0.3 is 0 Å². The summed E-state index contributed by atoms with van der Waals surface area (Å²) in [6, 6.07) is 20.6. The van der Waals surface area contributed by atoms with Gasteiger partial charge in [-0.15, -0.1) is 0 Å². The molecule has 2 aromatic carbocycles. The summed E-state index contributed by atoms with van der Waals surface area (Å²) >= 11 is 0. The van der Waals surface area contributed by atoms with E-state index < -0.39 is 5.91 Å². The van der Waals surface area contributed by atoms with E-state index in [1.54, 1.807) is 18.3 Å². The molecule has 1 aliphatic rings. The third-order valence-electron chi connectivity index (χ3n) is 6.57. The number of nitrogens with two attached hydrogens (primary N) is 1. The number of carbonyl (C=O) groups is 1. The number of hydrogen-bond donors (Lipinski definition) is 2.